The summed E-state index contributed by atoms with van der Waals surface area (Å²) >= 11 is 0. The number of hydrogen-bond acceptors (Lipinski definition) is 3. The zero-order chi connectivity index (χ0) is 8.97. The van der Waals surface area contributed by atoms with E-state index in [-0.39, 0.29) is 6.04 Å². The molecule has 0 aromatic rings. The summed E-state index contributed by atoms with van der Waals surface area (Å²) in [4.78, 5) is 0. The van der Waals surface area contributed by atoms with Gasteiger partial charge in [-0.1, -0.05) is 0 Å². The number of rotatable bonds is 3. The largest absolute Gasteiger partial charge is 0.378 e. The molecule has 12 heavy (non-hydrogen) atoms. The summed E-state index contributed by atoms with van der Waals surface area (Å²) in [6.07, 6.45) is 2.72. The minimum atomic E-state index is 0.142. The van der Waals surface area contributed by atoms with E-state index in [1.165, 1.54) is 0 Å². The third kappa shape index (κ3) is 3.52. The molecule has 3 unspecified atom stereocenters. The third-order valence-corrected chi connectivity index (χ3v) is 2.03. The predicted octanol–water partition coefficient (Wildman–Crippen LogP) is 0.918. The van der Waals surface area contributed by atoms with Crippen molar-refractivity contribution in [3.05, 3.63) is 0 Å². The molecule has 0 amide bonds. The van der Waals surface area contributed by atoms with Crippen molar-refractivity contribution in [3.8, 4) is 0 Å². The lowest BCUT2D eigenvalue weighted by Crippen LogP contribution is -2.32. The van der Waals surface area contributed by atoms with Gasteiger partial charge >= 0.3 is 0 Å². The van der Waals surface area contributed by atoms with E-state index in [2.05, 4.69) is 6.92 Å². The molecule has 0 saturated carbocycles. The second-order valence-corrected chi connectivity index (χ2v) is 3.64. The van der Waals surface area contributed by atoms with E-state index in [1.807, 2.05) is 6.92 Å². The first-order valence-corrected chi connectivity index (χ1v) is 4.67. The van der Waals surface area contributed by atoms with E-state index < -0.39 is 0 Å². The van der Waals surface area contributed by atoms with Gasteiger partial charge in [0.15, 0.2) is 0 Å². The Bertz CT molecular complexity index is 128. The van der Waals surface area contributed by atoms with Gasteiger partial charge in [-0.2, -0.15) is 0 Å². The molecule has 0 bridgehead atoms. The van der Waals surface area contributed by atoms with E-state index in [0.717, 1.165) is 19.4 Å². The van der Waals surface area contributed by atoms with E-state index in [4.69, 9.17) is 15.2 Å². The summed E-state index contributed by atoms with van der Waals surface area (Å²) < 4.78 is 11.0. The molecule has 1 rings (SSSR count). The van der Waals surface area contributed by atoms with Crippen LogP contribution in [0.25, 0.3) is 0 Å². The van der Waals surface area contributed by atoms with Crippen molar-refractivity contribution in [3.63, 3.8) is 0 Å². The van der Waals surface area contributed by atoms with Crippen molar-refractivity contribution >= 4 is 0 Å². The van der Waals surface area contributed by atoms with Gasteiger partial charge in [-0.15, -0.1) is 0 Å². The van der Waals surface area contributed by atoms with Crippen LogP contribution in [0.3, 0.4) is 0 Å². The standard InChI is InChI=1S/C9H19NO2/c1-7(10)6-12-9-3-4-11-8(2)5-9/h7-9H,3-6,10H2,1-2H3. The van der Waals surface area contributed by atoms with Gasteiger partial charge in [0.25, 0.3) is 0 Å². The predicted molar refractivity (Wildman–Crippen MR) is 48.0 cm³/mol. The van der Waals surface area contributed by atoms with Crippen molar-refractivity contribution in [2.75, 3.05) is 13.2 Å². The van der Waals surface area contributed by atoms with Crippen LogP contribution in [-0.4, -0.2) is 31.5 Å². The van der Waals surface area contributed by atoms with Gasteiger partial charge in [-0.05, 0) is 26.7 Å². The second-order valence-electron chi connectivity index (χ2n) is 3.64. The minimum Gasteiger partial charge on any atom is -0.378 e. The molecule has 0 radical (unpaired) electrons. The quantitative estimate of drug-likeness (QED) is 0.690. The average molecular weight is 173 g/mol. The van der Waals surface area contributed by atoms with Crippen molar-refractivity contribution in [1.82, 2.24) is 0 Å². The Balaban J connectivity index is 2.14. The molecule has 1 aliphatic rings. The van der Waals surface area contributed by atoms with Gasteiger partial charge in [0, 0.05) is 12.6 Å². The fraction of sp³-hybridized carbons (Fsp3) is 1.00. The minimum absolute atomic E-state index is 0.142. The van der Waals surface area contributed by atoms with Crippen LogP contribution in [0.5, 0.6) is 0 Å². The van der Waals surface area contributed by atoms with Crippen LogP contribution in [0.4, 0.5) is 0 Å². The zero-order valence-corrected chi connectivity index (χ0v) is 7.95. The summed E-state index contributed by atoms with van der Waals surface area (Å²) in [6.45, 7) is 5.53. The normalized spacial score (nSPS) is 33.2. The average Bonchev–Trinajstić information content (AvgIpc) is 2.01. The van der Waals surface area contributed by atoms with Crippen LogP contribution in [0.15, 0.2) is 0 Å². The fourth-order valence-electron chi connectivity index (χ4n) is 1.40. The van der Waals surface area contributed by atoms with E-state index >= 15 is 0 Å². The highest BCUT2D eigenvalue weighted by molar-refractivity contribution is 4.69. The van der Waals surface area contributed by atoms with E-state index in [9.17, 15) is 0 Å². The zero-order valence-electron chi connectivity index (χ0n) is 7.95. The van der Waals surface area contributed by atoms with Crippen LogP contribution in [0, 0.1) is 0 Å². The molecule has 1 heterocycles. The van der Waals surface area contributed by atoms with Gasteiger partial charge in [0.05, 0.1) is 18.8 Å². The second kappa shape index (κ2) is 4.80. The van der Waals surface area contributed by atoms with Crippen LogP contribution >= 0.6 is 0 Å². The highest BCUT2D eigenvalue weighted by Crippen LogP contribution is 2.16. The molecule has 2 N–H and O–H groups in total. The van der Waals surface area contributed by atoms with Crippen molar-refractivity contribution in [1.29, 1.82) is 0 Å². The molecule has 3 atom stereocenters. The Labute approximate surface area is 74.2 Å². The Morgan fingerprint density at radius 3 is 3.00 bits per heavy atom. The highest BCUT2D eigenvalue weighted by Gasteiger charge is 2.19. The topological polar surface area (TPSA) is 44.5 Å². The monoisotopic (exact) mass is 173 g/mol. The summed E-state index contributed by atoms with van der Waals surface area (Å²) in [5.41, 5.74) is 5.59. The van der Waals surface area contributed by atoms with E-state index in [1.54, 1.807) is 0 Å². The van der Waals surface area contributed by atoms with E-state index in [0.29, 0.717) is 18.8 Å². The first-order valence-electron chi connectivity index (χ1n) is 4.67. The molecular weight excluding hydrogens is 154 g/mol. The lowest BCUT2D eigenvalue weighted by Gasteiger charge is -2.27. The van der Waals surface area contributed by atoms with Gasteiger partial charge in [0.2, 0.25) is 0 Å². The molecule has 0 aromatic carbocycles. The molecule has 1 fully saturated rings. The molecule has 0 spiro atoms. The molecular formula is C9H19NO2. The van der Waals surface area contributed by atoms with Crippen LogP contribution < -0.4 is 5.73 Å². The van der Waals surface area contributed by atoms with Crippen molar-refractivity contribution in [2.45, 2.75) is 44.9 Å². The van der Waals surface area contributed by atoms with Crippen LogP contribution in [0.1, 0.15) is 26.7 Å². The summed E-state index contributed by atoms with van der Waals surface area (Å²) in [5.74, 6) is 0. The smallest absolute Gasteiger partial charge is 0.0622 e. The lowest BCUT2D eigenvalue weighted by atomic mass is 10.1. The number of nitrogens with two attached hydrogens (primary N) is 1. The Kier molecular flexibility index (Phi) is 3.98. The maximum atomic E-state index is 5.61. The van der Waals surface area contributed by atoms with Gasteiger partial charge < -0.3 is 15.2 Å². The molecule has 3 heteroatoms. The molecule has 72 valence electrons. The summed E-state index contributed by atoms with van der Waals surface area (Å²) in [7, 11) is 0. The van der Waals surface area contributed by atoms with Gasteiger partial charge in [0.1, 0.15) is 0 Å². The van der Waals surface area contributed by atoms with Crippen molar-refractivity contribution in [2.24, 2.45) is 5.73 Å². The SMILES string of the molecule is CC(N)COC1CCOC(C)C1. The Morgan fingerprint density at radius 2 is 2.42 bits per heavy atom. The molecule has 1 saturated heterocycles. The van der Waals surface area contributed by atoms with Crippen LogP contribution in [0.2, 0.25) is 0 Å². The molecule has 0 aliphatic carbocycles. The fourth-order valence-corrected chi connectivity index (χ4v) is 1.40. The number of ether oxygens (including phenoxy) is 2. The molecule has 1 aliphatic heterocycles. The van der Waals surface area contributed by atoms with Crippen LogP contribution in [-0.2, 0) is 9.47 Å². The van der Waals surface area contributed by atoms with Gasteiger partial charge in [-0.25, -0.2) is 0 Å². The van der Waals surface area contributed by atoms with Gasteiger partial charge in [-0.3, -0.25) is 0 Å². The maximum Gasteiger partial charge on any atom is 0.0622 e. The Hall–Kier alpha value is -0.120. The summed E-state index contributed by atoms with van der Waals surface area (Å²) in [6, 6.07) is 0.142. The molecule has 0 aromatic heterocycles. The maximum absolute atomic E-state index is 5.61. The third-order valence-electron chi connectivity index (χ3n) is 2.03. The number of hydrogen-bond donors (Lipinski definition) is 1. The Morgan fingerprint density at radius 1 is 1.67 bits per heavy atom. The molecule has 3 nitrogen and oxygen atoms in total. The van der Waals surface area contributed by atoms with Crippen molar-refractivity contribution < 1.29 is 9.47 Å². The first kappa shape index (κ1) is 9.96. The highest BCUT2D eigenvalue weighted by atomic mass is 16.5. The summed E-state index contributed by atoms with van der Waals surface area (Å²) in [5, 5.41) is 0. The lowest BCUT2D eigenvalue weighted by molar-refractivity contribution is -0.0674. The first-order chi connectivity index (χ1) is 5.68.